The minimum absolute atomic E-state index is 0.166. The van der Waals surface area contributed by atoms with Gasteiger partial charge in [0, 0.05) is 31.5 Å². The summed E-state index contributed by atoms with van der Waals surface area (Å²) < 4.78 is 12.1. The molecule has 2 heterocycles. The standard InChI is InChI=1S/C26H33NO3/c1-4-29-25-13-20-10-11-27-16-21(12-18(2)3)24(28)15-23(27)22(20)14-26(25)30-17-19-8-6-5-7-9-19/h5-9,13-14,18,21,23H,4,10-12,15-17H2,1-3H3. The maximum Gasteiger partial charge on any atom is 0.162 e. The highest BCUT2D eigenvalue weighted by Gasteiger charge is 2.38. The summed E-state index contributed by atoms with van der Waals surface area (Å²) in [7, 11) is 0. The summed E-state index contributed by atoms with van der Waals surface area (Å²) >= 11 is 0. The Balaban J connectivity index is 1.59. The zero-order chi connectivity index (χ0) is 21.1. The smallest absolute Gasteiger partial charge is 0.162 e. The summed E-state index contributed by atoms with van der Waals surface area (Å²) in [6, 6.07) is 14.6. The third-order valence-electron chi connectivity index (χ3n) is 6.27. The predicted molar refractivity (Wildman–Crippen MR) is 119 cm³/mol. The highest BCUT2D eigenvalue weighted by molar-refractivity contribution is 5.83. The molecule has 2 aromatic carbocycles. The molecule has 0 aromatic heterocycles. The van der Waals surface area contributed by atoms with E-state index in [1.807, 2.05) is 25.1 Å². The van der Waals surface area contributed by atoms with Gasteiger partial charge in [0.15, 0.2) is 11.5 Å². The van der Waals surface area contributed by atoms with Crippen molar-refractivity contribution in [2.24, 2.45) is 11.8 Å². The minimum atomic E-state index is 0.166. The quantitative estimate of drug-likeness (QED) is 0.632. The van der Waals surface area contributed by atoms with E-state index in [0.717, 1.165) is 43.0 Å². The first-order chi connectivity index (χ1) is 14.5. The number of benzene rings is 2. The summed E-state index contributed by atoms with van der Waals surface area (Å²) in [5, 5.41) is 0. The minimum Gasteiger partial charge on any atom is -0.490 e. The summed E-state index contributed by atoms with van der Waals surface area (Å²) in [4.78, 5) is 15.4. The first kappa shape index (κ1) is 20.9. The van der Waals surface area contributed by atoms with Crippen molar-refractivity contribution in [3.63, 3.8) is 0 Å². The fourth-order valence-electron chi connectivity index (χ4n) is 4.85. The van der Waals surface area contributed by atoms with E-state index in [4.69, 9.17) is 9.47 Å². The number of Topliss-reactive ketones (excluding diaryl/α,β-unsaturated/α-hetero) is 1. The maximum absolute atomic E-state index is 12.9. The van der Waals surface area contributed by atoms with E-state index in [0.29, 0.717) is 31.3 Å². The largest absolute Gasteiger partial charge is 0.490 e. The first-order valence-electron chi connectivity index (χ1n) is 11.3. The van der Waals surface area contributed by atoms with Crippen LogP contribution in [0.15, 0.2) is 42.5 Å². The van der Waals surface area contributed by atoms with Gasteiger partial charge in [0.25, 0.3) is 0 Å². The molecule has 160 valence electrons. The molecule has 0 N–H and O–H groups in total. The van der Waals surface area contributed by atoms with Crippen molar-refractivity contribution in [3.05, 3.63) is 59.2 Å². The van der Waals surface area contributed by atoms with E-state index < -0.39 is 0 Å². The van der Waals surface area contributed by atoms with E-state index in [2.05, 4.69) is 43.0 Å². The monoisotopic (exact) mass is 407 g/mol. The van der Waals surface area contributed by atoms with Crippen molar-refractivity contribution in [1.29, 1.82) is 0 Å². The molecule has 0 bridgehead atoms. The van der Waals surface area contributed by atoms with Crippen LogP contribution in [0.25, 0.3) is 0 Å². The lowest BCUT2D eigenvalue weighted by molar-refractivity contribution is -0.129. The summed E-state index contributed by atoms with van der Waals surface area (Å²) in [6.07, 6.45) is 2.59. The van der Waals surface area contributed by atoms with Crippen molar-refractivity contribution in [2.75, 3.05) is 19.7 Å². The molecule has 30 heavy (non-hydrogen) atoms. The molecule has 4 rings (SSSR count). The van der Waals surface area contributed by atoms with Gasteiger partial charge in [-0.1, -0.05) is 44.2 Å². The van der Waals surface area contributed by atoms with Crippen LogP contribution in [0, 0.1) is 11.8 Å². The molecule has 0 aliphatic carbocycles. The number of nitrogens with zero attached hydrogens (tertiary/aromatic N) is 1. The highest BCUT2D eigenvalue weighted by atomic mass is 16.5. The zero-order valence-electron chi connectivity index (χ0n) is 18.4. The number of hydrogen-bond donors (Lipinski definition) is 0. The van der Waals surface area contributed by atoms with Gasteiger partial charge in [0.2, 0.25) is 0 Å². The van der Waals surface area contributed by atoms with Gasteiger partial charge in [-0.25, -0.2) is 0 Å². The molecule has 2 unspecified atom stereocenters. The van der Waals surface area contributed by atoms with Gasteiger partial charge in [-0.2, -0.15) is 0 Å². The molecule has 0 spiro atoms. The second-order valence-electron chi connectivity index (χ2n) is 8.96. The molecule has 4 heteroatoms. The Morgan fingerprint density at radius 2 is 1.87 bits per heavy atom. The number of fused-ring (bicyclic) bond motifs is 3. The van der Waals surface area contributed by atoms with Gasteiger partial charge in [-0.15, -0.1) is 0 Å². The summed E-state index contributed by atoms with van der Waals surface area (Å²) in [6.45, 7) is 9.41. The van der Waals surface area contributed by atoms with Crippen molar-refractivity contribution in [2.45, 2.75) is 52.7 Å². The normalized spacial score (nSPS) is 21.3. The number of piperidine rings is 1. The Hall–Kier alpha value is -2.33. The van der Waals surface area contributed by atoms with E-state index in [1.54, 1.807) is 0 Å². The summed E-state index contributed by atoms with van der Waals surface area (Å²) in [5.74, 6) is 2.73. The molecule has 0 saturated carbocycles. The van der Waals surface area contributed by atoms with Crippen LogP contribution >= 0.6 is 0 Å². The third kappa shape index (κ3) is 4.54. The SMILES string of the molecule is CCOc1cc2c(cc1OCc1ccccc1)C1CC(=O)C(CC(C)C)CN1CC2. The lowest BCUT2D eigenvalue weighted by Crippen LogP contribution is -2.46. The fraction of sp³-hybridized carbons (Fsp3) is 0.500. The molecule has 2 aliphatic rings. The second kappa shape index (κ2) is 9.22. The summed E-state index contributed by atoms with van der Waals surface area (Å²) in [5.41, 5.74) is 3.66. The van der Waals surface area contributed by atoms with Crippen LogP contribution in [-0.4, -0.2) is 30.4 Å². The number of carbonyl (C=O) groups excluding carboxylic acids is 1. The molecule has 0 amide bonds. The number of ketones is 1. The van der Waals surface area contributed by atoms with E-state index in [9.17, 15) is 4.79 Å². The van der Waals surface area contributed by atoms with E-state index >= 15 is 0 Å². The highest BCUT2D eigenvalue weighted by Crippen LogP contribution is 2.42. The number of ether oxygens (including phenoxy) is 2. The number of hydrogen-bond acceptors (Lipinski definition) is 4. The van der Waals surface area contributed by atoms with Crippen molar-refractivity contribution in [1.82, 2.24) is 4.90 Å². The van der Waals surface area contributed by atoms with Crippen molar-refractivity contribution >= 4 is 5.78 Å². The molecule has 2 aromatic rings. The average molecular weight is 408 g/mol. The average Bonchev–Trinajstić information content (AvgIpc) is 2.73. The van der Waals surface area contributed by atoms with Gasteiger partial charge in [0.1, 0.15) is 12.4 Å². The van der Waals surface area contributed by atoms with Crippen LogP contribution < -0.4 is 9.47 Å². The van der Waals surface area contributed by atoms with E-state index in [1.165, 1.54) is 11.1 Å². The molecule has 4 nitrogen and oxygen atoms in total. The van der Waals surface area contributed by atoms with Crippen LogP contribution in [0.3, 0.4) is 0 Å². The predicted octanol–water partition coefficient (Wildman–Crippen LogP) is 5.20. The number of rotatable bonds is 7. The van der Waals surface area contributed by atoms with Gasteiger partial charge >= 0.3 is 0 Å². The maximum atomic E-state index is 12.9. The molecule has 2 atom stereocenters. The lowest BCUT2D eigenvalue weighted by atomic mass is 9.80. The van der Waals surface area contributed by atoms with Gasteiger partial charge in [-0.3, -0.25) is 9.69 Å². The van der Waals surface area contributed by atoms with Crippen LogP contribution in [0.2, 0.25) is 0 Å². The molecule has 0 radical (unpaired) electrons. The van der Waals surface area contributed by atoms with Crippen molar-refractivity contribution < 1.29 is 14.3 Å². The second-order valence-corrected chi connectivity index (χ2v) is 8.96. The molecule has 1 saturated heterocycles. The number of carbonyl (C=O) groups is 1. The Bertz CT molecular complexity index is 877. The van der Waals surface area contributed by atoms with Crippen LogP contribution in [0.5, 0.6) is 11.5 Å². The Morgan fingerprint density at radius 1 is 1.10 bits per heavy atom. The topological polar surface area (TPSA) is 38.8 Å². The Morgan fingerprint density at radius 3 is 2.60 bits per heavy atom. The fourth-order valence-corrected chi connectivity index (χ4v) is 4.85. The third-order valence-corrected chi connectivity index (χ3v) is 6.27. The van der Waals surface area contributed by atoms with E-state index in [-0.39, 0.29) is 12.0 Å². The molecular formula is C26H33NO3. The van der Waals surface area contributed by atoms with Crippen LogP contribution in [-0.2, 0) is 17.8 Å². The van der Waals surface area contributed by atoms with Crippen LogP contribution in [0.4, 0.5) is 0 Å². The van der Waals surface area contributed by atoms with Gasteiger partial charge in [-0.05, 0) is 54.5 Å². The Labute approximate surface area is 180 Å². The molecule has 1 fully saturated rings. The van der Waals surface area contributed by atoms with Gasteiger partial charge < -0.3 is 9.47 Å². The van der Waals surface area contributed by atoms with Crippen LogP contribution in [0.1, 0.15) is 56.3 Å². The lowest BCUT2D eigenvalue weighted by Gasteiger charge is -2.43. The molecular weight excluding hydrogens is 374 g/mol. The first-order valence-corrected chi connectivity index (χ1v) is 11.3. The van der Waals surface area contributed by atoms with Gasteiger partial charge in [0.05, 0.1) is 6.61 Å². The molecule has 2 aliphatic heterocycles. The Kier molecular flexibility index (Phi) is 6.43. The zero-order valence-corrected chi connectivity index (χ0v) is 18.4. The van der Waals surface area contributed by atoms with Crippen molar-refractivity contribution in [3.8, 4) is 11.5 Å².